The number of hydrogen-bond donors (Lipinski definition) is 2. The second-order valence-electron chi connectivity index (χ2n) is 12.2. The lowest BCUT2D eigenvalue weighted by Gasteiger charge is -2.71. The van der Waals surface area contributed by atoms with Crippen molar-refractivity contribution in [1.82, 2.24) is 19.2 Å². The number of alkyl halides is 3. The van der Waals surface area contributed by atoms with Gasteiger partial charge in [0.1, 0.15) is 11.9 Å². The first-order valence-corrected chi connectivity index (χ1v) is 15.1. The number of carbonyl (C=O) groups excluding carboxylic acids is 1. The van der Waals surface area contributed by atoms with E-state index < -0.39 is 46.8 Å². The fraction of sp³-hybridized carbons (Fsp3) is 0.692. The van der Waals surface area contributed by atoms with E-state index in [1.165, 1.54) is 0 Å². The van der Waals surface area contributed by atoms with Gasteiger partial charge in [0.05, 0.1) is 12.0 Å². The minimum Gasteiger partial charge on any atom is -0.360 e. The molecule has 6 rings (SSSR count). The molecule has 39 heavy (non-hydrogen) atoms. The van der Waals surface area contributed by atoms with Gasteiger partial charge in [-0.25, -0.2) is 0 Å². The van der Waals surface area contributed by atoms with Crippen LogP contribution < -0.4 is 10.6 Å². The number of carbonyl (C=O) groups is 1. The molecule has 3 saturated carbocycles. The summed E-state index contributed by atoms with van der Waals surface area (Å²) in [6.45, 7) is 4.81. The maximum Gasteiger partial charge on any atom is 0.390 e. The Hall–Kier alpha value is -1.89. The van der Waals surface area contributed by atoms with E-state index in [0.29, 0.717) is 30.5 Å². The quantitative estimate of drug-likeness (QED) is 0.433. The lowest BCUT2D eigenvalue weighted by atomic mass is 9.34. The van der Waals surface area contributed by atoms with Crippen LogP contribution in [0.5, 0.6) is 0 Å². The fourth-order valence-electron chi connectivity index (χ4n) is 6.67. The number of amides is 1. The number of nitrogens with zero attached hydrogens (tertiary/aromatic N) is 3. The van der Waals surface area contributed by atoms with Crippen LogP contribution in [-0.2, 0) is 21.5 Å². The molecule has 3 aliphatic carbocycles. The zero-order chi connectivity index (χ0) is 28.3. The monoisotopic (exact) mass is 589 g/mol. The van der Waals surface area contributed by atoms with Gasteiger partial charge in [-0.3, -0.25) is 9.79 Å². The van der Waals surface area contributed by atoms with Gasteiger partial charge in [0.25, 0.3) is 10.2 Å². The minimum atomic E-state index is -4.34. The molecule has 2 aliphatic heterocycles. The smallest absolute Gasteiger partial charge is 0.360 e. The first-order valence-electron chi connectivity index (χ1n) is 13.3. The number of nitrogens with one attached hydrogen (secondary N) is 2. The highest BCUT2D eigenvalue weighted by atomic mass is 35.5. The Balaban J connectivity index is 1.24. The number of benzene rings is 1. The zero-order valence-corrected chi connectivity index (χ0v) is 23.7. The molecule has 4 fully saturated rings. The van der Waals surface area contributed by atoms with E-state index in [4.69, 9.17) is 16.6 Å². The van der Waals surface area contributed by atoms with Crippen LogP contribution in [0.2, 0.25) is 5.02 Å². The van der Waals surface area contributed by atoms with Crippen LogP contribution in [0.15, 0.2) is 29.3 Å². The third-order valence-corrected chi connectivity index (χ3v) is 10.7. The van der Waals surface area contributed by atoms with Gasteiger partial charge in [0, 0.05) is 43.2 Å². The summed E-state index contributed by atoms with van der Waals surface area (Å²) >= 11 is 6.03. The van der Waals surface area contributed by atoms with Gasteiger partial charge in [0.15, 0.2) is 0 Å². The Morgan fingerprint density at radius 3 is 2.38 bits per heavy atom. The van der Waals surface area contributed by atoms with E-state index in [2.05, 4.69) is 10.6 Å². The maximum atomic E-state index is 13.6. The molecule has 2 bridgehead atoms. The highest BCUT2D eigenvalue weighted by Crippen LogP contribution is 2.74. The van der Waals surface area contributed by atoms with Gasteiger partial charge in [-0.15, -0.1) is 0 Å². The summed E-state index contributed by atoms with van der Waals surface area (Å²) in [5.41, 5.74) is -0.353. The lowest BCUT2D eigenvalue weighted by molar-refractivity contribution is -0.161. The van der Waals surface area contributed by atoms with Gasteiger partial charge in [-0.1, -0.05) is 23.7 Å². The molecule has 5 aliphatic rings. The predicted molar refractivity (Wildman–Crippen MR) is 142 cm³/mol. The third-order valence-electron chi connectivity index (χ3n) is 8.50. The van der Waals surface area contributed by atoms with Crippen molar-refractivity contribution >= 4 is 33.6 Å². The third kappa shape index (κ3) is 5.67. The van der Waals surface area contributed by atoms with Crippen molar-refractivity contribution in [2.24, 2.45) is 15.8 Å². The Morgan fingerprint density at radius 1 is 1.18 bits per heavy atom. The van der Waals surface area contributed by atoms with Crippen LogP contribution in [0.1, 0.15) is 57.9 Å². The first-order chi connectivity index (χ1) is 18.1. The summed E-state index contributed by atoms with van der Waals surface area (Å²) in [6, 6.07) is 6.45. The number of amidine groups is 1. The molecule has 1 atom stereocenters. The second-order valence-corrected chi connectivity index (χ2v) is 14.5. The molecule has 1 saturated heterocycles. The van der Waals surface area contributed by atoms with Gasteiger partial charge in [-0.05, 0) is 69.1 Å². The molecule has 1 amide bonds. The standard InChI is InChI=1S/C26H35ClF3N5O3S/c1-23(2)20(21(36)31-10-9-26(28,29)30)32-22(33-23)25-14-24(15-25,16-25)17-35(13-18-5-7-19(27)8-6-18)39(37,38)34-11-3-4-12-34/h5-8,20H,3-4,9-17H2,1-2H3,(H,31,36)(H,32,33)/t20-,24?,25?/m0/s1. The van der Waals surface area contributed by atoms with Gasteiger partial charge < -0.3 is 10.6 Å². The topological polar surface area (TPSA) is 94.1 Å². The molecular formula is C26H35ClF3N5O3S. The molecule has 1 aromatic carbocycles. The largest absolute Gasteiger partial charge is 0.390 e. The van der Waals surface area contributed by atoms with Crippen LogP contribution in [0.3, 0.4) is 0 Å². The van der Waals surface area contributed by atoms with Gasteiger partial charge >= 0.3 is 6.18 Å². The summed E-state index contributed by atoms with van der Waals surface area (Å²) in [5.74, 6) is 0.201. The predicted octanol–water partition coefficient (Wildman–Crippen LogP) is 3.87. The van der Waals surface area contributed by atoms with Crippen LogP contribution in [0, 0.1) is 10.8 Å². The highest BCUT2D eigenvalue weighted by molar-refractivity contribution is 7.86. The van der Waals surface area contributed by atoms with Crippen LogP contribution in [0.25, 0.3) is 0 Å². The van der Waals surface area contributed by atoms with Crippen molar-refractivity contribution in [3.63, 3.8) is 0 Å². The molecule has 0 radical (unpaired) electrons. The molecular weight excluding hydrogens is 555 g/mol. The first kappa shape index (κ1) is 28.6. The summed E-state index contributed by atoms with van der Waals surface area (Å²) in [6.07, 6.45) is -1.47. The summed E-state index contributed by atoms with van der Waals surface area (Å²) < 4.78 is 67.9. The molecule has 8 nitrogen and oxygen atoms in total. The fourth-order valence-corrected chi connectivity index (χ4v) is 8.59. The van der Waals surface area contributed by atoms with Crippen LogP contribution in [0.4, 0.5) is 13.2 Å². The van der Waals surface area contributed by atoms with Crippen molar-refractivity contribution in [1.29, 1.82) is 0 Å². The Kier molecular flexibility index (Phi) is 7.26. The van der Waals surface area contributed by atoms with Crippen molar-refractivity contribution in [3.8, 4) is 0 Å². The number of hydrogen-bond acceptors (Lipinski definition) is 5. The number of aliphatic imine (C=N–C) groups is 1. The summed E-state index contributed by atoms with van der Waals surface area (Å²) in [5, 5.41) is 6.18. The number of rotatable bonds is 10. The second kappa shape index (κ2) is 9.88. The molecule has 1 aromatic rings. The van der Waals surface area contributed by atoms with E-state index >= 15 is 0 Å². The molecule has 0 unspecified atom stereocenters. The SMILES string of the molecule is CC1(C)N=C(C23CC(CN(Cc4ccc(Cl)cc4)S(=O)(=O)N4CCCC4)(C2)C3)N[C@H]1C(=O)NCCC(F)(F)F. The summed E-state index contributed by atoms with van der Waals surface area (Å²) in [7, 11) is -3.64. The molecule has 2 N–H and O–H groups in total. The van der Waals surface area contributed by atoms with Crippen LogP contribution >= 0.6 is 11.6 Å². The van der Waals surface area contributed by atoms with Crippen LogP contribution in [-0.4, -0.2) is 72.7 Å². The molecule has 216 valence electrons. The van der Waals surface area contributed by atoms with Crippen molar-refractivity contribution < 1.29 is 26.4 Å². The van der Waals surface area contributed by atoms with E-state index in [9.17, 15) is 26.4 Å². The Morgan fingerprint density at radius 2 is 1.79 bits per heavy atom. The maximum absolute atomic E-state index is 13.6. The van der Waals surface area contributed by atoms with Gasteiger partial charge in [0.2, 0.25) is 5.91 Å². The normalized spacial score (nSPS) is 29.9. The molecule has 0 aromatic heterocycles. The van der Waals surface area contributed by atoms with Crippen molar-refractivity contribution in [2.75, 3.05) is 26.2 Å². The average molecular weight is 590 g/mol. The van der Waals surface area contributed by atoms with E-state index in [-0.39, 0.29) is 17.4 Å². The molecule has 13 heteroatoms. The van der Waals surface area contributed by atoms with Gasteiger partial charge in [-0.2, -0.15) is 30.2 Å². The van der Waals surface area contributed by atoms with Crippen molar-refractivity contribution in [2.45, 2.75) is 76.7 Å². The van der Waals surface area contributed by atoms with E-state index in [1.54, 1.807) is 34.6 Å². The van der Waals surface area contributed by atoms with Crippen molar-refractivity contribution in [3.05, 3.63) is 34.9 Å². The zero-order valence-electron chi connectivity index (χ0n) is 22.2. The van der Waals surface area contributed by atoms with E-state index in [1.807, 2.05) is 12.1 Å². The molecule has 0 spiro atoms. The van der Waals surface area contributed by atoms with E-state index in [0.717, 1.165) is 37.7 Å². The highest BCUT2D eigenvalue weighted by Gasteiger charge is 2.71. The lowest BCUT2D eigenvalue weighted by Crippen LogP contribution is -2.71. The number of halogens is 4. The molecule has 2 heterocycles. The Labute approximate surface area is 232 Å². The average Bonchev–Trinajstić information content (AvgIpc) is 3.43. The summed E-state index contributed by atoms with van der Waals surface area (Å²) in [4.78, 5) is 17.5. The Bertz CT molecular complexity index is 1230. The minimum absolute atomic E-state index is 0.166.